The second-order valence-electron chi connectivity index (χ2n) is 9.89. The normalized spacial score (nSPS) is 19.4. The first kappa shape index (κ1) is 24.7. The predicted octanol–water partition coefficient (Wildman–Crippen LogP) is 3.60. The minimum Gasteiger partial charge on any atom is -0.492 e. The van der Waals surface area contributed by atoms with Gasteiger partial charge in [0, 0.05) is 56.8 Å². The molecule has 0 bridgehead atoms. The molecule has 3 aliphatic heterocycles. The summed E-state index contributed by atoms with van der Waals surface area (Å²) < 4.78 is 10.9. The lowest BCUT2D eigenvalue weighted by molar-refractivity contribution is -0.127. The number of fused-ring (bicyclic) bond motifs is 1. The Balaban J connectivity index is 1.05. The highest BCUT2D eigenvalue weighted by atomic mass is 35.5. The number of likely N-dealkylation sites (tertiary alicyclic amines) is 2. The van der Waals surface area contributed by atoms with Crippen molar-refractivity contribution in [3.8, 4) is 5.75 Å². The summed E-state index contributed by atoms with van der Waals surface area (Å²) in [5.41, 5.74) is 7.88. The van der Waals surface area contributed by atoms with Gasteiger partial charge in [-0.2, -0.15) is 0 Å². The van der Waals surface area contributed by atoms with E-state index in [-0.39, 0.29) is 17.9 Å². The number of nitrogens with zero attached hydrogens (tertiary/aromatic N) is 2. The number of amides is 2. The molecule has 8 nitrogen and oxygen atoms in total. The molecule has 0 atom stereocenters. The molecule has 36 heavy (non-hydrogen) atoms. The molecule has 0 unspecified atom stereocenters. The fourth-order valence-corrected chi connectivity index (χ4v) is 5.63. The first-order valence-corrected chi connectivity index (χ1v) is 13.1. The smallest absolute Gasteiger partial charge is 0.255 e. The molecule has 5 rings (SSSR count). The fraction of sp³-hybridized carbons (Fsp3) is 0.481. The van der Waals surface area contributed by atoms with E-state index in [0.29, 0.717) is 46.7 Å². The topological polar surface area (TPSA) is 101 Å². The lowest BCUT2D eigenvalue weighted by atomic mass is 9.94. The van der Waals surface area contributed by atoms with Crippen LogP contribution in [0, 0.1) is 5.92 Å². The number of nitrogen functional groups attached to an aromatic ring is 1. The molecule has 3 N–H and O–H groups in total. The molecule has 0 saturated carbocycles. The maximum absolute atomic E-state index is 13.0. The highest BCUT2D eigenvalue weighted by molar-refractivity contribution is 6.33. The predicted molar refractivity (Wildman–Crippen MR) is 139 cm³/mol. The summed E-state index contributed by atoms with van der Waals surface area (Å²) >= 11 is 6.26. The average molecular weight is 513 g/mol. The monoisotopic (exact) mass is 512 g/mol. The van der Waals surface area contributed by atoms with Crippen molar-refractivity contribution in [3.63, 3.8) is 0 Å². The molecule has 0 aliphatic carbocycles. The summed E-state index contributed by atoms with van der Waals surface area (Å²) in [5, 5.41) is 3.58. The molecular weight excluding hydrogens is 480 g/mol. The van der Waals surface area contributed by atoms with E-state index in [9.17, 15) is 9.59 Å². The van der Waals surface area contributed by atoms with Crippen LogP contribution in [0.3, 0.4) is 0 Å². The van der Waals surface area contributed by atoms with Crippen molar-refractivity contribution in [1.82, 2.24) is 15.1 Å². The number of nitrogens with two attached hydrogens (primary N) is 1. The summed E-state index contributed by atoms with van der Waals surface area (Å²) in [6.45, 7) is 5.04. The fourth-order valence-electron chi connectivity index (χ4n) is 5.40. The van der Waals surface area contributed by atoms with Gasteiger partial charge >= 0.3 is 0 Å². The first-order chi connectivity index (χ1) is 17.5. The Hall–Kier alpha value is -2.97. The largest absolute Gasteiger partial charge is 0.492 e. The Morgan fingerprint density at radius 2 is 1.94 bits per heavy atom. The number of anilines is 1. The standard InChI is InChI=1S/C27H33ClN4O4/c28-23-16-22(26-21(25(23)29)9-15-36-26)27(34)30-19-7-10-31(11-8-19)17-18-5-12-32(13-6-18)24(33)4-3-20-2-1-14-35-20/h1-4,14,16,18-19H,5-13,15,17,29H2,(H,30,34)/b4-3+. The van der Waals surface area contributed by atoms with Crippen LogP contribution in [0.2, 0.25) is 5.02 Å². The number of rotatable bonds is 6. The summed E-state index contributed by atoms with van der Waals surface area (Å²) in [6.07, 6.45) is 9.44. The van der Waals surface area contributed by atoms with Crippen molar-refractivity contribution < 1.29 is 18.7 Å². The molecule has 2 aromatic rings. The summed E-state index contributed by atoms with van der Waals surface area (Å²) in [4.78, 5) is 29.8. The van der Waals surface area contributed by atoms with E-state index in [0.717, 1.165) is 64.0 Å². The van der Waals surface area contributed by atoms with Crippen LogP contribution in [0.25, 0.3) is 6.08 Å². The molecule has 2 amide bonds. The Kier molecular flexibility index (Phi) is 7.53. The number of ether oxygens (including phenoxy) is 1. The minimum absolute atomic E-state index is 0.0415. The van der Waals surface area contributed by atoms with Gasteiger partial charge in [-0.3, -0.25) is 9.59 Å². The number of hydrogen-bond donors (Lipinski definition) is 2. The van der Waals surface area contributed by atoms with Gasteiger partial charge < -0.3 is 30.0 Å². The highest BCUT2D eigenvalue weighted by Crippen LogP contribution is 2.38. The third kappa shape index (κ3) is 5.55. The number of hydrogen-bond acceptors (Lipinski definition) is 6. The van der Waals surface area contributed by atoms with Gasteiger partial charge in [-0.1, -0.05) is 11.6 Å². The third-order valence-corrected chi connectivity index (χ3v) is 7.83. The number of halogens is 1. The van der Waals surface area contributed by atoms with Gasteiger partial charge in [0.25, 0.3) is 5.91 Å². The number of carbonyl (C=O) groups is 2. The maximum atomic E-state index is 13.0. The van der Waals surface area contributed by atoms with Crippen molar-refractivity contribution in [1.29, 1.82) is 0 Å². The zero-order valence-corrected chi connectivity index (χ0v) is 21.1. The maximum Gasteiger partial charge on any atom is 0.255 e. The minimum atomic E-state index is -0.147. The van der Waals surface area contributed by atoms with Gasteiger partial charge in [0.1, 0.15) is 11.5 Å². The molecule has 0 radical (unpaired) electrons. The van der Waals surface area contributed by atoms with Crippen LogP contribution in [0.4, 0.5) is 5.69 Å². The molecule has 1 aromatic carbocycles. The Labute approximate surface area is 216 Å². The van der Waals surface area contributed by atoms with E-state index in [4.69, 9.17) is 26.5 Å². The zero-order chi connectivity index (χ0) is 25.1. The molecule has 2 fully saturated rings. The number of piperidine rings is 2. The van der Waals surface area contributed by atoms with E-state index in [2.05, 4.69) is 10.2 Å². The number of furan rings is 1. The van der Waals surface area contributed by atoms with Gasteiger partial charge in [0.05, 0.1) is 29.1 Å². The van der Waals surface area contributed by atoms with Gasteiger partial charge in [-0.05, 0) is 55.9 Å². The molecule has 3 aliphatic rings. The molecule has 9 heteroatoms. The van der Waals surface area contributed by atoms with E-state index in [1.54, 1.807) is 24.5 Å². The van der Waals surface area contributed by atoms with Crippen molar-refractivity contribution in [2.75, 3.05) is 45.1 Å². The van der Waals surface area contributed by atoms with Crippen molar-refractivity contribution in [2.24, 2.45) is 5.92 Å². The Bertz CT molecular complexity index is 1120. The zero-order valence-electron chi connectivity index (χ0n) is 20.4. The molecular formula is C27H33ClN4O4. The summed E-state index contributed by atoms with van der Waals surface area (Å²) in [5.74, 6) is 1.75. The van der Waals surface area contributed by atoms with Crippen LogP contribution in [-0.4, -0.2) is 67.0 Å². The number of benzene rings is 1. The molecule has 2 saturated heterocycles. The SMILES string of the molecule is Nc1c(Cl)cc(C(=O)NC2CCN(CC3CCN(C(=O)/C=C/c4ccco4)CC3)CC2)c2c1CCO2. The van der Waals surface area contributed by atoms with E-state index >= 15 is 0 Å². The Morgan fingerprint density at radius 3 is 2.67 bits per heavy atom. The third-order valence-electron chi connectivity index (χ3n) is 7.51. The second kappa shape index (κ2) is 11.0. The van der Waals surface area contributed by atoms with Crippen LogP contribution < -0.4 is 15.8 Å². The second-order valence-corrected chi connectivity index (χ2v) is 10.3. The number of nitrogens with one attached hydrogen (secondary N) is 1. The molecule has 4 heterocycles. The average Bonchev–Trinajstić information content (AvgIpc) is 3.59. The number of carbonyl (C=O) groups excluding carboxylic acids is 2. The van der Waals surface area contributed by atoms with Gasteiger partial charge in [-0.15, -0.1) is 0 Å². The van der Waals surface area contributed by atoms with Crippen molar-refractivity contribution in [3.05, 3.63) is 52.4 Å². The van der Waals surface area contributed by atoms with E-state index in [1.807, 2.05) is 17.0 Å². The highest BCUT2D eigenvalue weighted by Gasteiger charge is 2.29. The molecule has 1 aromatic heterocycles. The van der Waals surface area contributed by atoms with Gasteiger partial charge in [0.15, 0.2) is 0 Å². The van der Waals surface area contributed by atoms with E-state index < -0.39 is 0 Å². The van der Waals surface area contributed by atoms with Crippen LogP contribution >= 0.6 is 11.6 Å². The summed E-state index contributed by atoms with van der Waals surface area (Å²) in [6, 6.07) is 5.39. The molecule has 192 valence electrons. The van der Waals surface area contributed by atoms with Crippen LogP contribution in [-0.2, 0) is 11.2 Å². The van der Waals surface area contributed by atoms with Crippen LogP contribution in [0.1, 0.15) is 47.4 Å². The first-order valence-electron chi connectivity index (χ1n) is 12.8. The lowest BCUT2D eigenvalue weighted by Gasteiger charge is -2.37. The summed E-state index contributed by atoms with van der Waals surface area (Å²) in [7, 11) is 0. The van der Waals surface area contributed by atoms with Gasteiger partial charge in [0.2, 0.25) is 5.91 Å². The van der Waals surface area contributed by atoms with Crippen molar-refractivity contribution >= 4 is 35.2 Å². The molecule has 0 spiro atoms. The van der Waals surface area contributed by atoms with E-state index in [1.165, 1.54) is 0 Å². The van der Waals surface area contributed by atoms with Crippen LogP contribution in [0.15, 0.2) is 35.0 Å². The quantitative estimate of drug-likeness (QED) is 0.453. The Morgan fingerprint density at radius 1 is 1.17 bits per heavy atom. The van der Waals surface area contributed by atoms with Gasteiger partial charge in [-0.25, -0.2) is 0 Å². The van der Waals surface area contributed by atoms with Crippen LogP contribution in [0.5, 0.6) is 5.75 Å². The van der Waals surface area contributed by atoms with Crippen molar-refractivity contribution in [2.45, 2.75) is 38.1 Å². The lowest BCUT2D eigenvalue weighted by Crippen LogP contribution is -2.47.